The quantitative estimate of drug-likeness (QED) is 0.672. The normalized spacial score (nSPS) is 12.1. The predicted molar refractivity (Wildman–Crippen MR) is 59.2 cm³/mol. The summed E-state index contributed by atoms with van der Waals surface area (Å²) in [7, 11) is 0. The summed E-state index contributed by atoms with van der Waals surface area (Å²) in [5, 5.41) is 17.8. The Morgan fingerprint density at radius 2 is 2.18 bits per heavy atom. The lowest BCUT2D eigenvalue weighted by molar-refractivity contribution is -0.137. The van der Waals surface area contributed by atoms with Crippen LogP contribution >= 0.6 is 0 Å². The van der Waals surface area contributed by atoms with Crippen molar-refractivity contribution in [2.75, 3.05) is 0 Å². The molecule has 94 valence electrons. The van der Waals surface area contributed by atoms with Gasteiger partial charge in [-0.25, -0.2) is 4.98 Å². The van der Waals surface area contributed by atoms with Crippen LogP contribution in [0.2, 0.25) is 0 Å². The molecule has 3 N–H and O–H groups in total. The molecule has 1 aromatic rings. The van der Waals surface area contributed by atoms with Crippen molar-refractivity contribution in [1.29, 1.82) is 0 Å². The third-order valence-electron chi connectivity index (χ3n) is 2.17. The van der Waals surface area contributed by atoms with Gasteiger partial charge in [0.2, 0.25) is 5.91 Å². The van der Waals surface area contributed by atoms with Crippen LogP contribution in [0, 0.1) is 6.92 Å². The number of carbonyl (C=O) groups is 2. The van der Waals surface area contributed by atoms with Crippen LogP contribution in [-0.2, 0) is 9.59 Å². The van der Waals surface area contributed by atoms with Crippen LogP contribution in [0.3, 0.4) is 0 Å². The Bertz CT molecular complexity index is 402. The molecule has 0 saturated heterocycles. The average molecular weight is 240 g/mol. The summed E-state index contributed by atoms with van der Waals surface area (Å²) >= 11 is 0. The standard InChI is InChI=1S/C10H16N4O3/c1-6(10-12-7(2)13-14-10)11-8(15)4-3-5-9(16)17/h6H,3-5H2,1-2H3,(H,11,15)(H,16,17)(H,12,13,14)/t6-/m1/s1. The first kappa shape index (κ1) is 13.1. The highest BCUT2D eigenvalue weighted by Crippen LogP contribution is 2.06. The zero-order valence-corrected chi connectivity index (χ0v) is 9.86. The Hall–Kier alpha value is -1.92. The predicted octanol–water partition coefficient (Wildman–Crippen LogP) is 0.545. The molecular weight excluding hydrogens is 224 g/mol. The molecule has 0 spiro atoms. The molecule has 1 amide bonds. The van der Waals surface area contributed by atoms with E-state index in [1.165, 1.54) is 0 Å². The molecule has 1 atom stereocenters. The summed E-state index contributed by atoms with van der Waals surface area (Å²) in [6.07, 6.45) is 0.530. The first-order valence-corrected chi connectivity index (χ1v) is 5.39. The largest absolute Gasteiger partial charge is 0.481 e. The Morgan fingerprint density at radius 1 is 1.47 bits per heavy atom. The lowest BCUT2D eigenvalue weighted by atomic mass is 10.2. The summed E-state index contributed by atoms with van der Waals surface area (Å²) in [4.78, 5) is 25.8. The number of aromatic nitrogens is 3. The van der Waals surface area contributed by atoms with Crippen molar-refractivity contribution in [3.63, 3.8) is 0 Å². The molecule has 0 aliphatic heterocycles. The van der Waals surface area contributed by atoms with Crippen LogP contribution in [-0.4, -0.2) is 32.2 Å². The number of carbonyl (C=O) groups excluding carboxylic acids is 1. The number of rotatable bonds is 6. The second-order valence-corrected chi connectivity index (χ2v) is 3.82. The van der Waals surface area contributed by atoms with Crippen molar-refractivity contribution in [1.82, 2.24) is 20.5 Å². The number of aryl methyl sites for hydroxylation is 1. The first-order chi connectivity index (χ1) is 7.99. The smallest absolute Gasteiger partial charge is 0.303 e. The second-order valence-electron chi connectivity index (χ2n) is 3.82. The van der Waals surface area contributed by atoms with E-state index >= 15 is 0 Å². The molecule has 0 saturated carbocycles. The molecule has 17 heavy (non-hydrogen) atoms. The van der Waals surface area contributed by atoms with E-state index in [-0.39, 0.29) is 24.8 Å². The molecule has 7 nitrogen and oxygen atoms in total. The molecule has 7 heteroatoms. The van der Waals surface area contributed by atoms with Crippen molar-refractivity contribution in [2.24, 2.45) is 0 Å². The van der Waals surface area contributed by atoms with Crippen molar-refractivity contribution < 1.29 is 14.7 Å². The van der Waals surface area contributed by atoms with Gasteiger partial charge in [-0.05, 0) is 20.3 Å². The van der Waals surface area contributed by atoms with Crippen LogP contribution in [0.4, 0.5) is 0 Å². The van der Waals surface area contributed by atoms with E-state index in [4.69, 9.17) is 5.11 Å². The molecule has 1 heterocycles. The van der Waals surface area contributed by atoms with Crippen LogP contribution in [0.25, 0.3) is 0 Å². The summed E-state index contributed by atoms with van der Waals surface area (Å²) in [6.45, 7) is 3.55. The lowest BCUT2D eigenvalue weighted by Gasteiger charge is -2.09. The van der Waals surface area contributed by atoms with Crippen molar-refractivity contribution in [3.8, 4) is 0 Å². The number of aliphatic carboxylic acids is 1. The van der Waals surface area contributed by atoms with Gasteiger partial charge in [0.25, 0.3) is 0 Å². The third-order valence-corrected chi connectivity index (χ3v) is 2.17. The summed E-state index contributed by atoms with van der Waals surface area (Å²) in [6, 6.07) is -0.280. The molecule has 0 unspecified atom stereocenters. The van der Waals surface area contributed by atoms with Gasteiger partial charge in [-0.2, -0.15) is 5.10 Å². The minimum absolute atomic E-state index is 0.00155. The Balaban J connectivity index is 2.33. The zero-order chi connectivity index (χ0) is 12.8. The summed E-state index contributed by atoms with van der Waals surface area (Å²) in [5.74, 6) is 0.123. The molecule has 0 fully saturated rings. The van der Waals surface area contributed by atoms with Gasteiger partial charge in [-0.3, -0.25) is 14.7 Å². The average Bonchev–Trinajstić information content (AvgIpc) is 2.64. The highest BCUT2D eigenvalue weighted by Gasteiger charge is 2.13. The SMILES string of the molecule is Cc1nc([C@@H](C)NC(=O)CCCC(=O)O)n[nH]1. The van der Waals surface area contributed by atoms with Crippen LogP contribution in [0.1, 0.15) is 43.9 Å². The maximum absolute atomic E-state index is 11.4. The Labute approximate surface area is 98.6 Å². The maximum Gasteiger partial charge on any atom is 0.303 e. The van der Waals surface area contributed by atoms with Crippen LogP contribution in [0.5, 0.6) is 0 Å². The van der Waals surface area contributed by atoms with Gasteiger partial charge in [0.15, 0.2) is 5.82 Å². The van der Waals surface area contributed by atoms with E-state index in [9.17, 15) is 9.59 Å². The fraction of sp³-hybridized carbons (Fsp3) is 0.600. The van der Waals surface area contributed by atoms with E-state index in [0.29, 0.717) is 18.1 Å². The van der Waals surface area contributed by atoms with Gasteiger partial charge < -0.3 is 10.4 Å². The van der Waals surface area contributed by atoms with E-state index < -0.39 is 5.97 Å². The first-order valence-electron chi connectivity index (χ1n) is 5.39. The number of amides is 1. The number of carboxylic acid groups (broad SMARTS) is 1. The van der Waals surface area contributed by atoms with Gasteiger partial charge in [-0.15, -0.1) is 0 Å². The zero-order valence-electron chi connectivity index (χ0n) is 9.86. The molecule has 1 aromatic heterocycles. The number of H-pyrrole nitrogens is 1. The Kier molecular flexibility index (Phi) is 4.62. The van der Waals surface area contributed by atoms with Gasteiger partial charge in [0, 0.05) is 12.8 Å². The van der Waals surface area contributed by atoms with Crippen LogP contribution in [0.15, 0.2) is 0 Å². The minimum Gasteiger partial charge on any atom is -0.481 e. The number of aromatic amines is 1. The molecule has 0 aliphatic carbocycles. The van der Waals surface area contributed by atoms with E-state index in [0.717, 1.165) is 0 Å². The van der Waals surface area contributed by atoms with Gasteiger partial charge >= 0.3 is 5.97 Å². The highest BCUT2D eigenvalue weighted by atomic mass is 16.4. The summed E-state index contributed by atoms with van der Waals surface area (Å²) in [5.41, 5.74) is 0. The third kappa shape index (κ3) is 4.62. The monoisotopic (exact) mass is 240 g/mol. The van der Waals surface area contributed by atoms with Crippen molar-refractivity contribution >= 4 is 11.9 Å². The van der Waals surface area contributed by atoms with E-state index in [1.54, 1.807) is 13.8 Å². The lowest BCUT2D eigenvalue weighted by Crippen LogP contribution is -2.27. The molecular formula is C10H16N4O3. The number of nitrogens with zero attached hydrogens (tertiary/aromatic N) is 2. The second kappa shape index (κ2) is 5.97. The highest BCUT2D eigenvalue weighted by molar-refractivity contribution is 5.77. The fourth-order valence-electron chi connectivity index (χ4n) is 1.33. The molecule has 0 bridgehead atoms. The molecule has 0 aliphatic rings. The maximum atomic E-state index is 11.4. The molecule has 0 aromatic carbocycles. The van der Waals surface area contributed by atoms with Crippen molar-refractivity contribution in [2.45, 2.75) is 39.2 Å². The topological polar surface area (TPSA) is 108 Å². The van der Waals surface area contributed by atoms with Gasteiger partial charge in [-0.1, -0.05) is 0 Å². The number of hydrogen-bond acceptors (Lipinski definition) is 4. The van der Waals surface area contributed by atoms with Gasteiger partial charge in [0.05, 0.1) is 6.04 Å². The minimum atomic E-state index is -0.893. The van der Waals surface area contributed by atoms with Gasteiger partial charge in [0.1, 0.15) is 5.82 Å². The van der Waals surface area contributed by atoms with Crippen LogP contribution < -0.4 is 5.32 Å². The number of nitrogens with one attached hydrogen (secondary N) is 2. The molecule has 0 radical (unpaired) electrons. The fourth-order valence-corrected chi connectivity index (χ4v) is 1.33. The Morgan fingerprint density at radius 3 is 2.71 bits per heavy atom. The summed E-state index contributed by atoms with van der Waals surface area (Å²) < 4.78 is 0. The number of carboxylic acids is 1. The number of hydrogen-bond donors (Lipinski definition) is 3. The van der Waals surface area contributed by atoms with E-state index in [2.05, 4.69) is 20.5 Å². The molecule has 1 rings (SSSR count). The van der Waals surface area contributed by atoms with Crippen molar-refractivity contribution in [3.05, 3.63) is 11.6 Å². The van der Waals surface area contributed by atoms with E-state index in [1.807, 2.05) is 0 Å².